The first-order valence-corrected chi connectivity index (χ1v) is 7.49. The van der Waals surface area contributed by atoms with Crippen LogP contribution in [0.15, 0.2) is 53.0 Å². The Kier molecular flexibility index (Phi) is 5.27. The lowest BCUT2D eigenvalue weighted by Gasteiger charge is -2.18. The quantitative estimate of drug-likeness (QED) is 0.710. The van der Waals surface area contributed by atoms with E-state index >= 15 is 0 Å². The van der Waals surface area contributed by atoms with Crippen LogP contribution < -0.4 is 5.32 Å². The van der Waals surface area contributed by atoms with E-state index in [0.29, 0.717) is 28.7 Å². The van der Waals surface area contributed by atoms with E-state index < -0.39 is 35.7 Å². The highest BCUT2D eigenvalue weighted by Crippen LogP contribution is 2.32. The fraction of sp³-hybridized carbons (Fsp3) is 0.188. The molecular weight excluding hydrogens is 397 g/mol. The Morgan fingerprint density at radius 1 is 0.917 bits per heavy atom. The number of nitrogens with one attached hydrogen (secondary N) is 1. The summed E-state index contributed by atoms with van der Waals surface area (Å²) >= 11 is 3.13. The molecule has 2 rings (SSSR count). The summed E-state index contributed by atoms with van der Waals surface area (Å²) in [6, 6.07) is 8.85. The SMILES string of the molecule is O=C(NCC(F)(F)c1ccc(C(F)(F)F)cc1)c1ccccc1Br. The molecule has 1 N–H and O–H groups in total. The van der Waals surface area contributed by atoms with Crippen LogP contribution in [0.1, 0.15) is 21.5 Å². The number of carbonyl (C=O) groups is 1. The smallest absolute Gasteiger partial charge is 0.346 e. The first kappa shape index (κ1) is 18.4. The molecule has 2 aromatic carbocycles. The Bertz CT molecular complexity index is 728. The molecule has 0 bridgehead atoms. The summed E-state index contributed by atoms with van der Waals surface area (Å²) in [4.78, 5) is 11.9. The van der Waals surface area contributed by atoms with E-state index in [-0.39, 0.29) is 5.56 Å². The largest absolute Gasteiger partial charge is 0.416 e. The minimum atomic E-state index is -4.60. The lowest BCUT2D eigenvalue weighted by molar-refractivity contribution is -0.137. The molecule has 1 amide bonds. The van der Waals surface area contributed by atoms with Crippen molar-refractivity contribution in [1.29, 1.82) is 0 Å². The van der Waals surface area contributed by atoms with Gasteiger partial charge in [0.1, 0.15) is 0 Å². The highest BCUT2D eigenvalue weighted by atomic mass is 79.9. The van der Waals surface area contributed by atoms with Gasteiger partial charge in [-0.15, -0.1) is 0 Å². The standard InChI is InChI=1S/C16H11BrF5NO/c17-13-4-2-1-3-12(13)14(24)23-9-15(18,19)10-5-7-11(8-6-10)16(20,21)22/h1-8H,9H2,(H,23,24). The van der Waals surface area contributed by atoms with Crippen LogP contribution in [0.25, 0.3) is 0 Å². The third-order valence-corrected chi connectivity index (χ3v) is 3.92. The molecule has 0 saturated heterocycles. The summed E-state index contributed by atoms with van der Waals surface area (Å²) in [7, 11) is 0. The molecule has 2 aromatic rings. The average Bonchev–Trinajstić information content (AvgIpc) is 2.52. The van der Waals surface area contributed by atoms with Gasteiger partial charge in [0.05, 0.1) is 17.7 Å². The second-order valence-electron chi connectivity index (χ2n) is 4.94. The third kappa shape index (κ3) is 4.31. The van der Waals surface area contributed by atoms with Gasteiger partial charge in [-0.05, 0) is 40.2 Å². The Morgan fingerprint density at radius 2 is 1.46 bits per heavy atom. The number of hydrogen-bond donors (Lipinski definition) is 1. The van der Waals surface area contributed by atoms with Crippen LogP contribution in [-0.2, 0) is 12.1 Å². The maximum absolute atomic E-state index is 14.1. The Balaban J connectivity index is 2.08. The lowest BCUT2D eigenvalue weighted by atomic mass is 10.1. The second-order valence-corrected chi connectivity index (χ2v) is 5.80. The van der Waals surface area contributed by atoms with Crippen molar-refractivity contribution in [3.8, 4) is 0 Å². The molecule has 0 unspecified atom stereocenters. The minimum Gasteiger partial charge on any atom is -0.346 e. The summed E-state index contributed by atoms with van der Waals surface area (Å²) in [5.41, 5.74) is -1.44. The van der Waals surface area contributed by atoms with E-state index in [0.717, 1.165) is 0 Å². The molecule has 128 valence electrons. The van der Waals surface area contributed by atoms with Crippen molar-refractivity contribution in [1.82, 2.24) is 5.32 Å². The summed E-state index contributed by atoms with van der Waals surface area (Å²) in [5, 5.41) is 2.08. The molecule has 0 spiro atoms. The maximum atomic E-state index is 14.1. The fourth-order valence-corrected chi connectivity index (χ4v) is 2.40. The first-order chi connectivity index (χ1) is 11.1. The Morgan fingerprint density at radius 3 is 2.00 bits per heavy atom. The highest BCUT2D eigenvalue weighted by Gasteiger charge is 2.35. The number of alkyl halides is 5. The molecule has 0 radical (unpaired) electrons. The molecule has 0 saturated carbocycles. The van der Waals surface area contributed by atoms with Crippen LogP contribution in [0.3, 0.4) is 0 Å². The van der Waals surface area contributed by atoms with E-state index in [2.05, 4.69) is 21.2 Å². The van der Waals surface area contributed by atoms with Gasteiger partial charge in [-0.2, -0.15) is 22.0 Å². The molecule has 0 aliphatic heterocycles. The molecule has 0 aromatic heterocycles. The van der Waals surface area contributed by atoms with E-state index in [4.69, 9.17) is 0 Å². The van der Waals surface area contributed by atoms with Gasteiger partial charge in [-0.3, -0.25) is 4.79 Å². The fourth-order valence-electron chi connectivity index (χ4n) is 1.94. The van der Waals surface area contributed by atoms with Crippen molar-refractivity contribution in [2.24, 2.45) is 0 Å². The van der Waals surface area contributed by atoms with Crippen LogP contribution in [0.2, 0.25) is 0 Å². The highest BCUT2D eigenvalue weighted by molar-refractivity contribution is 9.10. The van der Waals surface area contributed by atoms with E-state index in [1.54, 1.807) is 18.2 Å². The summed E-state index contributed by atoms with van der Waals surface area (Å²) < 4.78 is 65.9. The van der Waals surface area contributed by atoms with Crippen LogP contribution in [0, 0.1) is 0 Å². The van der Waals surface area contributed by atoms with Gasteiger partial charge in [0, 0.05) is 10.0 Å². The van der Waals surface area contributed by atoms with Gasteiger partial charge in [0.15, 0.2) is 0 Å². The molecule has 0 fully saturated rings. The molecular formula is C16H11BrF5NO. The van der Waals surface area contributed by atoms with E-state index in [1.807, 2.05) is 0 Å². The molecule has 0 aliphatic rings. The van der Waals surface area contributed by atoms with Crippen LogP contribution in [0.5, 0.6) is 0 Å². The predicted molar refractivity (Wildman–Crippen MR) is 81.8 cm³/mol. The van der Waals surface area contributed by atoms with Crippen molar-refractivity contribution < 1.29 is 26.7 Å². The minimum absolute atomic E-state index is 0.181. The van der Waals surface area contributed by atoms with Crippen molar-refractivity contribution >= 4 is 21.8 Å². The molecule has 0 heterocycles. The Hall–Kier alpha value is -1.96. The van der Waals surface area contributed by atoms with Crippen molar-refractivity contribution in [3.05, 3.63) is 69.7 Å². The predicted octanol–water partition coefficient (Wildman–Crippen LogP) is 4.99. The summed E-state index contributed by atoms with van der Waals surface area (Å²) in [6.07, 6.45) is -4.60. The van der Waals surface area contributed by atoms with Crippen molar-refractivity contribution in [3.63, 3.8) is 0 Å². The van der Waals surface area contributed by atoms with Crippen LogP contribution in [-0.4, -0.2) is 12.5 Å². The average molecular weight is 408 g/mol. The molecule has 8 heteroatoms. The molecule has 24 heavy (non-hydrogen) atoms. The monoisotopic (exact) mass is 407 g/mol. The molecule has 0 atom stereocenters. The normalized spacial score (nSPS) is 12.1. The number of carbonyl (C=O) groups excluding carboxylic acids is 1. The number of benzene rings is 2. The number of amides is 1. The van der Waals surface area contributed by atoms with Gasteiger partial charge < -0.3 is 5.32 Å². The number of rotatable bonds is 4. The van der Waals surface area contributed by atoms with Gasteiger partial charge in [-0.1, -0.05) is 24.3 Å². The van der Waals surface area contributed by atoms with E-state index in [9.17, 15) is 26.7 Å². The summed E-state index contributed by atoms with van der Waals surface area (Å²) in [6.45, 7) is -1.03. The molecule has 0 aliphatic carbocycles. The van der Waals surface area contributed by atoms with Gasteiger partial charge >= 0.3 is 6.18 Å². The van der Waals surface area contributed by atoms with Crippen LogP contribution in [0.4, 0.5) is 22.0 Å². The zero-order valence-corrected chi connectivity index (χ0v) is 13.6. The van der Waals surface area contributed by atoms with Gasteiger partial charge in [0.25, 0.3) is 11.8 Å². The number of hydrogen-bond acceptors (Lipinski definition) is 1. The number of halogens is 6. The molecule has 2 nitrogen and oxygen atoms in total. The maximum Gasteiger partial charge on any atom is 0.416 e. The topological polar surface area (TPSA) is 29.1 Å². The third-order valence-electron chi connectivity index (χ3n) is 3.22. The second kappa shape index (κ2) is 6.88. The summed E-state index contributed by atoms with van der Waals surface area (Å²) in [5.74, 6) is -4.21. The zero-order chi connectivity index (χ0) is 18.0. The first-order valence-electron chi connectivity index (χ1n) is 6.69. The van der Waals surface area contributed by atoms with Crippen molar-refractivity contribution in [2.45, 2.75) is 12.1 Å². The van der Waals surface area contributed by atoms with E-state index in [1.165, 1.54) is 6.07 Å². The van der Waals surface area contributed by atoms with Crippen LogP contribution >= 0.6 is 15.9 Å². The van der Waals surface area contributed by atoms with Crippen molar-refractivity contribution in [2.75, 3.05) is 6.54 Å². The zero-order valence-electron chi connectivity index (χ0n) is 12.0. The van der Waals surface area contributed by atoms with Gasteiger partial charge in [0.2, 0.25) is 0 Å². The lowest BCUT2D eigenvalue weighted by Crippen LogP contribution is -2.35. The van der Waals surface area contributed by atoms with Gasteiger partial charge in [-0.25, -0.2) is 0 Å². The Labute approximate surface area is 142 Å².